The summed E-state index contributed by atoms with van der Waals surface area (Å²) >= 11 is 0. The minimum atomic E-state index is -0.199. The summed E-state index contributed by atoms with van der Waals surface area (Å²) in [6.07, 6.45) is 4.14. The average molecular weight is 316 g/mol. The number of carbonyl (C=O) groups is 2. The molecule has 1 aliphatic rings. The van der Waals surface area contributed by atoms with E-state index in [1.807, 2.05) is 44.2 Å². The number of benzene rings is 1. The number of hydrogen-bond donors (Lipinski definition) is 0. The molecule has 126 valence electrons. The van der Waals surface area contributed by atoms with Crippen LogP contribution in [0, 0.1) is 5.92 Å². The predicted molar refractivity (Wildman–Crippen MR) is 92.0 cm³/mol. The van der Waals surface area contributed by atoms with Crippen LogP contribution in [0.2, 0.25) is 0 Å². The zero-order chi connectivity index (χ0) is 17.0. The Morgan fingerprint density at radius 1 is 1.22 bits per heavy atom. The van der Waals surface area contributed by atoms with Crippen molar-refractivity contribution in [1.82, 2.24) is 9.80 Å². The number of likely N-dealkylation sites (N-methyl/N-ethyl adjacent to an activating group) is 1. The largest absolute Gasteiger partial charge is 0.327 e. The van der Waals surface area contributed by atoms with E-state index in [-0.39, 0.29) is 29.9 Å². The van der Waals surface area contributed by atoms with Gasteiger partial charge in [0.2, 0.25) is 5.91 Å². The molecule has 1 aromatic rings. The second-order valence-corrected chi connectivity index (χ2v) is 6.59. The highest BCUT2D eigenvalue weighted by Gasteiger charge is 2.46. The quantitative estimate of drug-likeness (QED) is 0.737. The SMILES string of the molecule is CCCCC[C@@H](C)C(=O)N1C(=O)N(C)[C@H](C)[C@@H]1c1ccccc1. The van der Waals surface area contributed by atoms with Crippen LogP contribution in [0.5, 0.6) is 0 Å². The Bertz CT molecular complexity index is 544. The van der Waals surface area contributed by atoms with E-state index in [4.69, 9.17) is 0 Å². The van der Waals surface area contributed by atoms with Gasteiger partial charge in [-0.15, -0.1) is 0 Å². The topological polar surface area (TPSA) is 40.6 Å². The number of amides is 3. The molecule has 0 radical (unpaired) electrons. The third kappa shape index (κ3) is 3.57. The van der Waals surface area contributed by atoms with Crippen molar-refractivity contribution in [3.05, 3.63) is 35.9 Å². The molecule has 1 heterocycles. The third-order valence-electron chi connectivity index (χ3n) is 4.89. The molecular weight excluding hydrogens is 288 g/mol. The first kappa shape index (κ1) is 17.5. The highest BCUT2D eigenvalue weighted by molar-refractivity contribution is 5.97. The van der Waals surface area contributed by atoms with E-state index in [0.717, 1.165) is 31.2 Å². The maximum absolute atomic E-state index is 12.9. The smallest absolute Gasteiger partial charge is 0.322 e. The Labute approximate surface area is 139 Å². The molecule has 0 bridgehead atoms. The highest BCUT2D eigenvalue weighted by atomic mass is 16.2. The summed E-state index contributed by atoms with van der Waals surface area (Å²) in [6.45, 7) is 6.10. The lowest BCUT2D eigenvalue weighted by atomic mass is 9.97. The first-order valence-electron chi connectivity index (χ1n) is 8.63. The van der Waals surface area contributed by atoms with Crippen molar-refractivity contribution in [3.8, 4) is 0 Å². The Kier molecular flexibility index (Phi) is 5.80. The summed E-state index contributed by atoms with van der Waals surface area (Å²) in [6, 6.07) is 9.46. The Balaban J connectivity index is 2.22. The fourth-order valence-electron chi connectivity index (χ4n) is 3.26. The number of rotatable bonds is 6. The second-order valence-electron chi connectivity index (χ2n) is 6.59. The van der Waals surface area contributed by atoms with Crippen molar-refractivity contribution in [2.24, 2.45) is 5.92 Å². The van der Waals surface area contributed by atoms with Gasteiger partial charge in [0.05, 0.1) is 12.1 Å². The number of hydrogen-bond acceptors (Lipinski definition) is 2. The van der Waals surface area contributed by atoms with Crippen LogP contribution >= 0.6 is 0 Å². The van der Waals surface area contributed by atoms with Crippen LogP contribution in [-0.4, -0.2) is 34.8 Å². The molecular formula is C19H28N2O2. The van der Waals surface area contributed by atoms with E-state index in [9.17, 15) is 9.59 Å². The van der Waals surface area contributed by atoms with E-state index in [0.29, 0.717) is 0 Å². The molecule has 0 unspecified atom stereocenters. The van der Waals surface area contributed by atoms with Gasteiger partial charge in [-0.1, -0.05) is 63.4 Å². The van der Waals surface area contributed by atoms with Crippen molar-refractivity contribution in [1.29, 1.82) is 0 Å². The van der Waals surface area contributed by atoms with Crippen molar-refractivity contribution in [3.63, 3.8) is 0 Å². The van der Waals surface area contributed by atoms with Crippen LogP contribution in [0.1, 0.15) is 58.1 Å². The Morgan fingerprint density at radius 3 is 2.48 bits per heavy atom. The molecule has 1 aliphatic heterocycles. The zero-order valence-corrected chi connectivity index (χ0v) is 14.7. The Morgan fingerprint density at radius 2 is 1.87 bits per heavy atom. The summed E-state index contributed by atoms with van der Waals surface area (Å²) in [5.74, 6) is -0.161. The van der Waals surface area contributed by atoms with Gasteiger partial charge in [0.15, 0.2) is 0 Å². The van der Waals surface area contributed by atoms with Gasteiger partial charge in [0.1, 0.15) is 0 Å². The molecule has 3 amide bonds. The number of imide groups is 1. The molecule has 0 aromatic heterocycles. The first-order valence-corrected chi connectivity index (χ1v) is 8.63. The van der Waals surface area contributed by atoms with Crippen LogP contribution in [0.4, 0.5) is 4.79 Å². The van der Waals surface area contributed by atoms with Crippen LogP contribution in [-0.2, 0) is 4.79 Å². The summed E-state index contributed by atoms with van der Waals surface area (Å²) in [4.78, 5) is 28.7. The molecule has 4 nitrogen and oxygen atoms in total. The monoisotopic (exact) mass is 316 g/mol. The molecule has 0 saturated carbocycles. The van der Waals surface area contributed by atoms with Gasteiger partial charge in [-0.05, 0) is 18.9 Å². The molecule has 1 fully saturated rings. The Hall–Kier alpha value is -1.84. The van der Waals surface area contributed by atoms with Gasteiger partial charge in [-0.2, -0.15) is 0 Å². The molecule has 2 rings (SSSR count). The van der Waals surface area contributed by atoms with Crippen molar-refractivity contribution < 1.29 is 9.59 Å². The lowest BCUT2D eigenvalue weighted by Crippen LogP contribution is -2.39. The standard InChI is InChI=1S/C19H28N2O2/c1-5-6-8-11-14(2)18(22)21-17(15(3)20(4)19(21)23)16-12-9-7-10-13-16/h7,9-10,12-15,17H,5-6,8,11H2,1-4H3/t14-,15-,17-/m1/s1. The lowest BCUT2D eigenvalue weighted by Gasteiger charge is -2.26. The van der Waals surface area contributed by atoms with E-state index in [1.165, 1.54) is 4.90 Å². The number of carbonyl (C=O) groups excluding carboxylic acids is 2. The number of urea groups is 1. The molecule has 0 N–H and O–H groups in total. The second kappa shape index (κ2) is 7.62. The number of nitrogens with zero attached hydrogens (tertiary/aromatic N) is 2. The average Bonchev–Trinajstić information content (AvgIpc) is 2.79. The summed E-state index contributed by atoms with van der Waals surface area (Å²) in [5, 5.41) is 0. The fourth-order valence-corrected chi connectivity index (χ4v) is 3.26. The van der Waals surface area contributed by atoms with Gasteiger partial charge in [-0.25, -0.2) is 4.79 Å². The normalized spacial score (nSPS) is 22.5. The van der Waals surface area contributed by atoms with Crippen LogP contribution < -0.4 is 0 Å². The molecule has 1 saturated heterocycles. The lowest BCUT2D eigenvalue weighted by molar-refractivity contribution is -0.133. The highest BCUT2D eigenvalue weighted by Crippen LogP contribution is 2.35. The predicted octanol–water partition coefficient (Wildman–Crippen LogP) is 4.23. The van der Waals surface area contributed by atoms with Gasteiger partial charge in [0, 0.05) is 13.0 Å². The summed E-state index contributed by atoms with van der Waals surface area (Å²) < 4.78 is 0. The van der Waals surface area contributed by atoms with Gasteiger partial charge < -0.3 is 4.90 Å². The minimum absolute atomic E-state index is 0.0170. The summed E-state index contributed by atoms with van der Waals surface area (Å²) in [7, 11) is 1.78. The van der Waals surface area contributed by atoms with E-state index in [2.05, 4.69) is 6.92 Å². The first-order chi connectivity index (χ1) is 11.0. The van der Waals surface area contributed by atoms with Crippen LogP contribution in [0.3, 0.4) is 0 Å². The maximum atomic E-state index is 12.9. The van der Waals surface area contributed by atoms with Gasteiger partial charge in [0.25, 0.3) is 0 Å². The van der Waals surface area contributed by atoms with Gasteiger partial charge in [-0.3, -0.25) is 9.69 Å². The van der Waals surface area contributed by atoms with Crippen molar-refractivity contribution in [2.75, 3.05) is 7.05 Å². The van der Waals surface area contributed by atoms with Crippen molar-refractivity contribution >= 4 is 11.9 Å². The molecule has 0 aliphatic carbocycles. The van der Waals surface area contributed by atoms with E-state index < -0.39 is 0 Å². The number of unbranched alkanes of at least 4 members (excludes halogenated alkanes) is 2. The molecule has 3 atom stereocenters. The van der Waals surface area contributed by atoms with E-state index in [1.54, 1.807) is 11.9 Å². The van der Waals surface area contributed by atoms with Crippen molar-refractivity contribution in [2.45, 2.75) is 58.5 Å². The maximum Gasteiger partial charge on any atom is 0.327 e. The molecule has 23 heavy (non-hydrogen) atoms. The summed E-state index contributed by atoms with van der Waals surface area (Å²) in [5.41, 5.74) is 1.02. The van der Waals surface area contributed by atoms with Crippen LogP contribution in [0.25, 0.3) is 0 Å². The fraction of sp³-hybridized carbons (Fsp3) is 0.579. The third-order valence-corrected chi connectivity index (χ3v) is 4.89. The molecule has 4 heteroatoms. The molecule has 1 aromatic carbocycles. The van der Waals surface area contributed by atoms with E-state index >= 15 is 0 Å². The minimum Gasteiger partial charge on any atom is -0.322 e. The van der Waals surface area contributed by atoms with Gasteiger partial charge >= 0.3 is 6.03 Å². The molecule has 0 spiro atoms. The zero-order valence-electron chi connectivity index (χ0n) is 14.7. The van der Waals surface area contributed by atoms with Crippen LogP contribution in [0.15, 0.2) is 30.3 Å².